The summed E-state index contributed by atoms with van der Waals surface area (Å²) in [5.74, 6) is 1.47. The van der Waals surface area contributed by atoms with Crippen LogP contribution in [-0.2, 0) is 18.3 Å². The summed E-state index contributed by atoms with van der Waals surface area (Å²) in [5, 5.41) is 7.11. The molecule has 2 amide bonds. The highest BCUT2D eigenvalue weighted by molar-refractivity contribution is 5.96. The molecule has 1 N–H and O–H groups in total. The van der Waals surface area contributed by atoms with Gasteiger partial charge in [-0.3, -0.25) is 19.2 Å². The number of nitrogens with zero attached hydrogens (tertiary/aromatic N) is 4. The number of benzene rings is 1. The maximum Gasteiger partial charge on any atom is 0.261 e. The van der Waals surface area contributed by atoms with Gasteiger partial charge in [-0.05, 0) is 17.7 Å². The lowest BCUT2D eigenvalue weighted by atomic mass is 10.1. The SMILES string of the molecule is COc1ccc(CC(=O)NCCN2CCN(C(=O)c3cn(C)nc3OC)CC2)cc1OC. The molecular weight excluding hydrogens is 414 g/mol. The summed E-state index contributed by atoms with van der Waals surface area (Å²) >= 11 is 0. The van der Waals surface area contributed by atoms with E-state index in [-0.39, 0.29) is 18.2 Å². The molecule has 1 aliphatic heterocycles. The number of aromatic nitrogens is 2. The molecule has 1 fully saturated rings. The number of methoxy groups -OCH3 is 3. The molecule has 3 rings (SSSR count). The van der Waals surface area contributed by atoms with Crippen molar-refractivity contribution in [2.45, 2.75) is 6.42 Å². The molecule has 0 saturated carbocycles. The summed E-state index contributed by atoms with van der Waals surface area (Å²) in [6, 6.07) is 5.46. The van der Waals surface area contributed by atoms with Gasteiger partial charge in [-0.1, -0.05) is 6.07 Å². The first kappa shape index (κ1) is 23.4. The number of amides is 2. The Balaban J connectivity index is 1.40. The first-order valence-electron chi connectivity index (χ1n) is 10.5. The fraction of sp³-hybridized carbons (Fsp3) is 0.500. The molecule has 2 aromatic rings. The molecule has 0 unspecified atom stereocenters. The molecule has 0 spiro atoms. The van der Waals surface area contributed by atoms with Crippen molar-refractivity contribution in [2.24, 2.45) is 7.05 Å². The number of carbonyl (C=O) groups excluding carboxylic acids is 2. The van der Waals surface area contributed by atoms with E-state index in [0.29, 0.717) is 42.6 Å². The van der Waals surface area contributed by atoms with Crippen molar-refractivity contribution in [1.29, 1.82) is 0 Å². The summed E-state index contributed by atoms with van der Waals surface area (Å²) in [6.07, 6.45) is 1.96. The minimum absolute atomic E-state index is 0.0466. The molecule has 10 nitrogen and oxygen atoms in total. The normalized spacial score (nSPS) is 14.2. The van der Waals surface area contributed by atoms with Gasteiger partial charge in [0, 0.05) is 52.5 Å². The Morgan fingerprint density at radius 2 is 1.75 bits per heavy atom. The Bertz CT molecular complexity index is 937. The number of rotatable bonds is 9. The second kappa shape index (κ2) is 10.9. The van der Waals surface area contributed by atoms with Crippen LogP contribution in [0.1, 0.15) is 15.9 Å². The van der Waals surface area contributed by atoms with Gasteiger partial charge >= 0.3 is 0 Å². The fourth-order valence-corrected chi connectivity index (χ4v) is 3.70. The van der Waals surface area contributed by atoms with E-state index in [1.165, 1.54) is 7.11 Å². The quantitative estimate of drug-likeness (QED) is 0.602. The highest BCUT2D eigenvalue weighted by atomic mass is 16.5. The van der Waals surface area contributed by atoms with Crippen LogP contribution in [0.3, 0.4) is 0 Å². The first-order valence-corrected chi connectivity index (χ1v) is 10.5. The molecule has 1 aromatic heterocycles. The highest BCUT2D eigenvalue weighted by Crippen LogP contribution is 2.27. The Kier molecular flexibility index (Phi) is 7.93. The van der Waals surface area contributed by atoms with Gasteiger partial charge in [0.2, 0.25) is 11.8 Å². The standard InChI is InChI=1S/C22H31N5O5/c1-25-15-17(21(24-25)32-4)22(29)27-11-9-26(10-12-27)8-7-23-20(28)14-16-5-6-18(30-2)19(13-16)31-3/h5-6,13,15H,7-12,14H2,1-4H3,(H,23,28). The molecule has 1 saturated heterocycles. The molecule has 2 heterocycles. The van der Waals surface area contributed by atoms with E-state index in [1.54, 1.807) is 38.2 Å². The number of hydrogen-bond acceptors (Lipinski definition) is 7. The van der Waals surface area contributed by atoms with Gasteiger partial charge < -0.3 is 24.4 Å². The Hall–Kier alpha value is -3.27. The predicted octanol–water partition coefficient (Wildman–Crippen LogP) is 0.563. The van der Waals surface area contributed by atoms with Crippen LogP contribution in [-0.4, -0.2) is 92.0 Å². The Morgan fingerprint density at radius 1 is 1.03 bits per heavy atom. The second-order valence-corrected chi connectivity index (χ2v) is 7.58. The minimum atomic E-state index is -0.0715. The number of hydrogen-bond donors (Lipinski definition) is 1. The first-order chi connectivity index (χ1) is 15.4. The van der Waals surface area contributed by atoms with Crippen LogP contribution < -0.4 is 19.5 Å². The van der Waals surface area contributed by atoms with Crippen molar-refractivity contribution in [3.8, 4) is 17.4 Å². The molecule has 10 heteroatoms. The Morgan fingerprint density at radius 3 is 2.41 bits per heavy atom. The van der Waals surface area contributed by atoms with Crippen molar-refractivity contribution in [1.82, 2.24) is 24.9 Å². The lowest BCUT2D eigenvalue weighted by molar-refractivity contribution is -0.120. The summed E-state index contributed by atoms with van der Waals surface area (Å²) in [7, 11) is 6.42. The number of ether oxygens (including phenoxy) is 3. The van der Waals surface area contributed by atoms with E-state index in [4.69, 9.17) is 14.2 Å². The Labute approximate surface area is 188 Å². The molecule has 0 atom stereocenters. The largest absolute Gasteiger partial charge is 0.493 e. The van der Waals surface area contributed by atoms with Gasteiger partial charge in [0.05, 0.1) is 27.8 Å². The average Bonchev–Trinajstić information content (AvgIpc) is 3.19. The molecule has 1 aromatic carbocycles. The molecule has 174 valence electrons. The lowest BCUT2D eigenvalue weighted by Crippen LogP contribution is -2.50. The molecule has 32 heavy (non-hydrogen) atoms. The summed E-state index contributed by atoms with van der Waals surface area (Å²) in [5.41, 5.74) is 1.34. The number of carbonyl (C=O) groups is 2. The topological polar surface area (TPSA) is 98.2 Å². The summed E-state index contributed by atoms with van der Waals surface area (Å²) < 4.78 is 17.3. The van der Waals surface area contributed by atoms with Crippen molar-refractivity contribution >= 4 is 11.8 Å². The monoisotopic (exact) mass is 445 g/mol. The number of aryl methyl sites for hydroxylation is 1. The fourth-order valence-electron chi connectivity index (χ4n) is 3.70. The van der Waals surface area contributed by atoms with Crippen LogP contribution in [0.15, 0.2) is 24.4 Å². The maximum absolute atomic E-state index is 12.8. The van der Waals surface area contributed by atoms with Gasteiger partial charge in [0.15, 0.2) is 11.5 Å². The predicted molar refractivity (Wildman–Crippen MR) is 118 cm³/mol. The third kappa shape index (κ3) is 5.70. The lowest BCUT2D eigenvalue weighted by Gasteiger charge is -2.34. The zero-order chi connectivity index (χ0) is 23.1. The van der Waals surface area contributed by atoms with Gasteiger partial charge in [-0.15, -0.1) is 5.10 Å². The average molecular weight is 446 g/mol. The third-order valence-corrected chi connectivity index (χ3v) is 5.44. The van der Waals surface area contributed by atoms with E-state index in [1.807, 2.05) is 17.0 Å². The second-order valence-electron chi connectivity index (χ2n) is 7.58. The molecular formula is C22H31N5O5. The smallest absolute Gasteiger partial charge is 0.261 e. The zero-order valence-electron chi connectivity index (χ0n) is 19.1. The van der Waals surface area contributed by atoms with E-state index in [0.717, 1.165) is 25.2 Å². The minimum Gasteiger partial charge on any atom is -0.493 e. The molecule has 0 bridgehead atoms. The van der Waals surface area contributed by atoms with E-state index < -0.39 is 0 Å². The van der Waals surface area contributed by atoms with Crippen LogP contribution in [0.25, 0.3) is 0 Å². The molecule has 1 aliphatic rings. The van der Waals surface area contributed by atoms with Gasteiger partial charge in [0.25, 0.3) is 5.91 Å². The van der Waals surface area contributed by atoms with E-state index in [2.05, 4.69) is 15.3 Å². The third-order valence-electron chi connectivity index (χ3n) is 5.44. The highest BCUT2D eigenvalue weighted by Gasteiger charge is 2.26. The summed E-state index contributed by atoms with van der Waals surface area (Å²) in [4.78, 5) is 29.1. The van der Waals surface area contributed by atoms with Crippen LogP contribution in [0.2, 0.25) is 0 Å². The molecule has 0 aliphatic carbocycles. The van der Waals surface area contributed by atoms with Crippen molar-refractivity contribution < 1.29 is 23.8 Å². The number of nitrogens with one attached hydrogen (secondary N) is 1. The molecule has 0 radical (unpaired) electrons. The van der Waals surface area contributed by atoms with E-state index >= 15 is 0 Å². The van der Waals surface area contributed by atoms with Gasteiger partial charge in [-0.2, -0.15) is 0 Å². The maximum atomic E-state index is 12.8. The van der Waals surface area contributed by atoms with Gasteiger partial charge in [0.1, 0.15) is 5.56 Å². The number of piperazine rings is 1. The van der Waals surface area contributed by atoms with Crippen LogP contribution in [0, 0.1) is 0 Å². The zero-order valence-corrected chi connectivity index (χ0v) is 19.1. The van der Waals surface area contributed by atoms with Gasteiger partial charge in [-0.25, -0.2) is 0 Å². The van der Waals surface area contributed by atoms with Crippen molar-refractivity contribution in [3.05, 3.63) is 35.5 Å². The van der Waals surface area contributed by atoms with Crippen molar-refractivity contribution in [3.63, 3.8) is 0 Å². The van der Waals surface area contributed by atoms with Crippen LogP contribution >= 0.6 is 0 Å². The summed E-state index contributed by atoms with van der Waals surface area (Å²) in [6.45, 7) is 4.03. The van der Waals surface area contributed by atoms with E-state index in [9.17, 15) is 9.59 Å². The van der Waals surface area contributed by atoms with Crippen LogP contribution in [0.5, 0.6) is 17.4 Å². The van der Waals surface area contributed by atoms with Crippen LogP contribution in [0.4, 0.5) is 0 Å². The van der Waals surface area contributed by atoms with Crippen molar-refractivity contribution in [2.75, 3.05) is 60.6 Å².